The zero-order chi connectivity index (χ0) is 19.9. The summed E-state index contributed by atoms with van der Waals surface area (Å²) in [6.45, 7) is 5.65. The number of pyridine rings is 1. The van der Waals surface area contributed by atoms with Gasteiger partial charge in [0.05, 0.1) is 17.4 Å². The maximum absolute atomic E-state index is 13.3. The first-order valence-electron chi connectivity index (χ1n) is 8.97. The van der Waals surface area contributed by atoms with E-state index in [9.17, 15) is 8.42 Å². The van der Waals surface area contributed by atoms with Gasteiger partial charge in [0.1, 0.15) is 16.4 Å². The second kappa shape index (κ2) is 7.26. The molecule has 1 N–H and O–H groups in total. The second-order valence-corrected chi connectivity index (χ2v) is 9.48. The van der Waals surface area contributed by atoms with Gasteiger partial charge in [0.2, 0.25) is 10.0 Å². The van der Waals surface area contributed by atoms with Gasteiger partial charge in [-0.15, -0.1) is 11.3 Å². The molecule has 0 radical (unpaired) electrons. The largest absolute Gasteiger partial charge is 0.360 e. The van der Waals surface area contributed by atoms with Crippen molar-refractivity contribution in [2.45, 2.75) is 44.6 Å². The molecule has 0 aliphatic carbocycles. The molecule has 0 aromatic carbocycles. The van der Waals surface area contributed by atoms with Gasteiger partial charge in [-0.25, -0.2) is 18.4 Å². The molecule has 28 heavy (non-hydrogen) atoms. The number of aryl methyl sites for hydroxylation is 3. The summed E-state index contributed by atoms with van der Waals surface area (Å²) >= 11 is 1.50. The minimum atomic E-state index is -3.72. The average Bonchev–Trinajstić information content (AvgIpc) is 3.36. The summed E-state index contributed by atoms with van der Waals surface area (Å²) in [6.07, 6.45) is 1.49. The molecule has 8 nitrogen and oxygen atoms in total. The molecule has 10 heteroatoms. The van der Waals surface area contributed by atoms with Crippen LogP contribution < -0.4 is 5.32 Å². The van der Waals surface area contributed by atoms with E-state index in [2.05, 4.69) is 20.4 Å². The van der Waals surface area contributed by atoms with Gasteiger partial charge in [0.25, 0.3) is 0 Å². The second-order valence-electron chi connectivity index (χ2n) is 6.79. The monoisotopic (exact) mass is 419 g/mol. The minimum Gasteiger partial charge on any atom is -0.360 e. The van der Waals surface area contributed by atoms with Crippen molar-refractivity contribution in [1.29, 1.82) is 0 Å². The zero-order valence-corrected chi connectivity index (χ0v) is 17.5. The first-order chi connectivity index (χ1) is 13.4. The van der Waals surface area contributed by atoms with Crippen LogP contribution in [0.2, 0.25) is 0 Å². The fraction of sp³-hybridized carbons (Fsp3) is 0.389. The number of thiazole rings is 1. The molecule has 1 fully saturated rings. The number of nitrogens with one attached hydrogen (secondary N) is 1. The number of nitrogens with zero attached hydrogens (tertiary/aromatic N) is 4. The van der Waals surface area contributed by atoms with Crippen LogP contribution in [-0.4, -0.2) is 34.4 Å². The van der Waals surface area contributed by atoms with E-state index in [-0.39, 0.29) is 10.9 Å². The Balaban J connectivity index is 1.64. The fourth-order valence-corrected chi connectivity index (χ4v) is 6.17. The molecule has 148 valence electrons. The molecule has 3 aromatic rings. The molecule has 1 aliphatic heterocycles. The van der Waals surface area contributed by atoms with E-state index in [0.29, 0.717) is 29.5 Å². The van der Waals surface area contributed by atoms with E-state index < -0.39 is 10.0 Å². The Hall–Kier alpha value is -2.30. The lowest BCUT2D eigenvalue weighted by atomic mass is 10.1. The van der Waals surface area contributed by atoms with Crippen LogP contribution in [0.4, 0.5) is 10.9 Å². The highest BCUT2D eigenvalue weighted by Crippen LogP contribution is 2.37. The Kier molecular flexibility index (Phi) is 4.94. The summed E-state index contributed by atoms with van der Waals surface area (Å²) < 4.78 is 33.1. The lowest BCUT2D eigenvalue weighted by Gasteiger charge is -2.23. The first kappa shape index (κ1) is 19.0. The number of anilines is 2. The van der Waals surface area contributed by atoms with Gasteiger partial charge in [0, 0.05) is 11.9 Å². The van der Waals surface area contributed by atoms with Crippen molar-refractivity contribution in [2.75, 3.05) is 11.9 Å². The van der Waals surface area contributed by atoms with E-state index in [1.165, 1.54) is 15.6 Å². The number of aromatic nitrogens is 3. The van der Waals surface area contributed by atoms with Crippen LogP contribution in [0.5, 0.6) is 0 Å². The van der Waals surface area contributed by atoms with Crippen LogP contribution >= 0.6 is 11.3 Å². The molecule has 0 spiro atoms. The van der Waals surface area contributed by atoms with Crippen LogP contribution in [0.1, 0.15) is 41.7 Å². The topological polar surface area (TPSA) is 101 Å². The van der Waals surface area contributed by atoms with Gasteiger partial charge >= 0.3 is 0 Å². The van der Waals surface area contributed by atoms with Crippen molar-refractivity contribution in [3.8, 4) is 0 Å². The summed E-state index contributed by atoms with van der Waals surface area (Å²) in [6, 6.07) is 5.27. The molecule has 0 bridgehead atoms. The van der Waals surface area contributed by atoms with Crippen LogP contribution in [0, 0.1) is 20.8 Å². The van der Waals surface area contributed by atoms with E-state index in [0.717, 1.165) is 23.7 Å². The number of sulfonamides is 1. The van der Waals surface area contributed by atoms with Gasteiger partial charge in [-0.05, 0) is 45.7 Å². The smallest absolute Gasteiger partial charge is 0.249 e. The predicted molar refractivity (Wildman–Crippen MR) is 106 cm³/mol. The number of hydrogen-bond donors (Lipinski definition) is 1. The number of rotatable bonds is 5. The SMILES string of the molecule is Cc1csc(Nc2cccc([C@@H]3CCCN3S(=O)(=O)c3c(C)noc3C)n2)n1. The summed E-state index contributed by atoms with van der Waals surface area (Å²) in [4.78, 5) is 9.20. The lowest BCUT2D eigenvalue weighted by Crippen LogP contribution is -2.31. The quantitative estimate of drug-likeness (QED) is 0.672. The maximum Gasteiger partial charge on any atom is 0.249 e. The first-order valence-corrected chi connectivity index (χ1v) is 11.3. The molecule has 0 saturated carbocycles. The fourth-order valence-electron chi connectivity index (χ4n) is 3.51. The van der Waals surface area contributed by atoms with Gasteiger partial charge in [-0.1, -0.05) is 11.2 Å². The van der Waals surface area contributed by atoms with E-state index in [1.807, 2.05) is 30.5 Å². The van der Waals surface area contributed by atoms with Gasteiger partial charge in [-0.2, -0.15) is 4.31 Å². The van der Waals surface area contributed by atoms with Crippen molar-refractivity contribution >= 4 is 32.3 Å². The predicted octanol–water partition coefficient (Wildman–Crippen LogP) is 3.72. The Morgan fingerprint density at radius 2 is 2.07 bits per heavy atom. The highest BCUT2D eigenvalue weighted by Gasteiger charge is 2.39. The van der Waals surface area contributed by atoms with Gasteiger partial charge in [0.15, 0.2) is 10.9 Å². The number of hydrogen-bond acceptors (Lipinski definition) is 8. The van der Waals surface area contributed by atoms with Crippen molar-refractivity contribution in [3.05, 3.63) is 46.4 Å². The third-order valence-electron chi connectivity index (χ3n) is 4.70. The normalized spacial score (nSPS) is 17.9. The summed E-state index contributed by atoms with van der Waals surface area (Å²) in [5, 5.41) is 9.71. The van der Waals surface area contributed by atoms with Crippen molar-refractivity contribution < 1.29 is 12.9 Å². The Morgan fingerprint density at radius 1 is 1.25 bits per heavy atom. The average molecular weight is 420 g/mol. The van der Waals surface area contributed by atoms with E-state index in [1.54, 1.807) is 13.8 Å². The highest BCUT2D eigenvalue weighted by atomic mass is 32.2. The molecule has 4 rings (SSSR count). The Morgan fingerprint density at radius 3 is 2.75 bits per heavy atom. The highest BCUT2D eigenvalue weighted by molar-refractivity contribution is 7.89. The van der Waals surface area contributed by atoms with Crippen molar-refractivity contribution in [2.24, 2.45) is 0 Å². The molecule has 1 atom stereocenters. The molecule has 1 aliphatic rings. The molecule has 0 unspecified atom stereocenters. The van der Waals surface area contributed by atoms with Gasteiger partial charge in [-0.3, -0.25) is 0 Å². The van der Waals surface area contributed by atoms with Crippen LogP contribution in [0.25, 0.3) is 0 Å². The Bertz CT molecular complexity index is 1090. The zero-order valence-electron chi connectivity index (χ0n) is 15.8. The van der Waals surface area contributed by atoms with Gasteiger partial charge < -0.3 is 9.84 Å². The third-order valence-corrected chi connectivity index (χ3v) is 7.73. The molecular weight excluding hydrogens is 398 g/mol. The standard InChI is InChI=1S/C18H21N5O3S2/c1-11-10-27-18(19-11)21-16-8-4-6-14(20-16)15-7-5-9-23(15)28(24,25)17-12(2)22-26-13(17)3/h4,6,8,10,15H,5,7,9H2,1-3H3,(H,19,20,21)/t15-/m0/s1. The third kappa shape index (κ3) is 3.43. The lowest BCUT2D eigenvalue weighted by molar-refractivity contribution is 0.381. The molecule has 1 saturated heterocycles. The van der Waals surface area contributed by atoms with Crippen molar-refractivity contribution in [1.82, 2.24) is 19.4 Å². The molecular formula is C18H21N5O3S2. The van der Waals surface area contributed by atoms with Crippen LogP contribution in [0.3, 0.4) is 0 Å². The summed E-state index contributed by atoms with van der Waals surface area (Å²) in [7, 11) is -3.72. The van der Waals surface area contributed by atoms with E-state index in [4.69, 9.17) is 4.52 Å². The molecule has 3 aromatic heterocycles. The van der Waals surface area contributed by atoms with Crippen LogP contribution in [-0.2, 0) is 10.0 Å². The summed E-state index contributed by atoms with van der Waals surface area (Å²) in [5.74, 6) is 0.958. The summed E-state index contributed by atoms with van der Waals surface area (Å²) in [5.41, 5.74) is 2.04. The molecule has 0 amide bonds. The van der Waals surface area contributed by atoms with E-state index >= 15 is 0 Å². The molecule has 4 heterocycles. The van der Waals surface area contributed by atoms with Crippen LogP contribution in [0.15, 0.2) is 33.0 Å². The maximum atomic E-state index is 13.3. The van der Waals surface area contributed by atoms with Crippen molar-refractivity contribution in [3.63, 3.8) is 0 Å². The minimum absolute atomic E-state index is 0.159. The Labute approximate surface area is 167 Å².